The van der Waals surface area contributed by atoms with Crippen molar-refractivity contribution >= 4 is 0 Å². The third kappa shape index (κ3) is 3.76. The molecule has 0 saturated heterocycles. The summed E-state index contributed by atoms with van der Waals surface area (Å²) in [6.07, 6.45) is 0. The predicted molar refractivity (Wildman–Crippen MR) is 86.0 cm³/mol. The fourth-order valence-corrected chi connectivity index (χ4v) is 2.22. The van der Waals surface area contributed by atoms with Crippen molar-refractivity contribution in [2.24, 2.45) is 0 Å². The minimum absolute atomic E-state index is 0.299. The van der Waals surface area contributed by atoms with Crippen molar-refractivity contribution in [2.75, 3.05) is 14.2 Å². The van der Waals surface area contributed by atoms with Crippen LogP contribution >= 0.6 is 0 Å². The van der Waals surface area contributed by atoms with E-state index in [1.807, 2.05) is 44.3 Å². The maximum Gasteiger partial charge on any atom is 0.125 e. The van der Waals surface area contributed by atoms with Gasteiger partial charge in [0, 0.05) is 11.6 Å². The number of benzene rings is 2. The monoisotopic (exact) mass is 285 g/mol. The van der Waals surface area contributed by atoms with Crippen LogP contribution in [0.4, 0.5) is 0 Å². The van der Waals surface area contributed by atoms with Gasteiger partial charge in [-0.05, 0) is 50.2 Å². The van der Waals surface area contributed by atoms with Gasteiger partial charge >= 0.3 is 0 Å². The van der Waals surface area contributed by atoms with Gasteiger partial charge in [-0.1, -0.05) is 24.3 Å². The number of hydrogen-bond acceptors (Lipinski definition) is 3. The van der Waals surface area contributed by atoms with Gasteiger partial charge in [0.15, 0.2) is 0 Å². The number of para-hydroxylation sites is 1. The van der Waals surface area contributed by atoms with Crippen LogP contribution < -0.4 is 14.8 Å². The Hall–Kier alpha value is -2.00. The van der Waals surface area contributed by atoms with Crippen LogP contribution in [-0.4, -0.2) is 14.2 Å². The number of ether oxygens (including phenoxy) is 2. The standard InChI is InChI=1S/C18H23NO2/c1-13-7-5-6-8-17(13)21-12-16-11-15(14(2)19-3)9-10-18(16)20-4/h5-11,14,19H,12H2,1-4H3. The quantitative estimate of drug-likeness (QED) is 0.874. The summed E-state index contributed by atoms with van der Waals surface area (Å²) >= 11 is 0. The molecule has 0 spiro atoms. The zero-order chi connectivity index (χ0) is 15.2. The summed E-state index contributed by atoms with van der Waals surface area (Å²) in [5.74, 6) is 1.77. The van der Waals surface area contributed by atoms with Crippen molar-refractivity contribution < 1.29 is 9.47 Å². The molecule has 1 N–H and O–H groups in total. The van der Waals surface area contributed by atoms with Gasteiger partial charge < -0.3 is 14.8 Å². The second-order valence-corrected chi connectivity index (χ2v) is 5.14. The Kier molecular flexibility index (Phi) is 5.23. The lowest BCUT2D eigenvalue weighted by Crippen LogP contribution is -2.13. The van der Waals surface area contributed by atoms with Crippen LogP contribution in [0.1, 0.15) is 29.7 Å². The second kappa shape index (κ2) is 7.14. The lowest BCUT2D eigenvalue weighted by molar-refractivity contribution is 0.294. The van der Waals surface area contributed by atoms with Crippen molar-refractivity contribution in [2.45, 2.75) is 26.5 Å². The number of methoxy groups -OCH3 is 1. The molecule has 112 valence electrons. The zero-order valence-corrected chi connectivity index (χ0v) is 13.1. The summed E-state index contributed by atoms with van der Waals surface area (Å²) in [4.78, 5) is 0. The smallest absolute Gasteiger partial charge is 0.125 e. The first-order chi connectivity index (χ1) is 10.2. The summed E-state index contributed by atoms with van der Waals surface area (Å²) in [6, 6.07) is 14.5. The van der Waals surface area contributed by atoms with Crippen LogP contribution in [-0.2, 0) is 6.61 Å². The van der Waals surface area contributed by atoms with E-state index < -0.39 is 0 Å². The van der Waals surface area contributed by atoms with Crippen LogP contribution in [0.2, 0.25) is 0 Å². The van der Waals surface area contributed by atoms with Crippen molar-refractivity contribution in [1.29, 1.82) is 0 Å². The lowest BCUT2D eigenvalue weighted by Gasteiger charge is -2.16. The molecule has 1 atom stereocenters. The van der Waals surface area contributed by atoms with Crippen LogP contribution in [0.5, 0.6) is 11.5 Å². The Morgan fingerprint density at radius 1 is 1.10 bits per heavy atom. The molecule has 0 bridgehead atoms. The summed E-state index contributed by atoms with van der Waals surface area (Å²) in [6.45, 7) is 4.68. The van der Waals surface area contributed by atoms with E-state index in [4.69, 9.17) is 9.47 Å². The van der Waals surface area contributed by atoms with Gasteiger partial charge in [0.25, 0.3) is 0 Å². The number of aryl methyl sites for hydroxylation is 1. The minimum Gasteiger partial charge on any atom is -0.496 e. The largest absolute Gasteiger partial charge is 0.496 e. The van der Waals surface area contributed by atoms with Crippen LogP contribution in [0, 0.1) is 6.92 Å². The summed E-state index contributed by atoms with van der Waals surface area (Å²) in [7, 11) is 3.65. The highest BCUT2D eigenvalue weighted by atomic mass is 16.5. The molecule has 0 heterocycles. The zero-order valence-electron chi connectivity index (χ0n) is 13.1. The number of rotatable bonds is 6. The van der Waals surface area contributed by atoms with Gasteiger partial charge in [-0.2, -0.15) is 0 Å². The highest BCUT2D eigenvalue weighted by Gasteiger charge is 2.09. The minimum atomic E-state index is 0.299. The van der Waals surface area contributed by atoms with Gasteiger partial charge in [-0.3, -0.25) is 0 Å². The summed E-state index contributed by atoms with van der Waals surface area (Å²) < 4.78 is 11.4. The molecule has 0 aliphatic heterocycles. The predicted octanol–water partition coefficient (Wildman–Crippen LogP) is 3.86. The molecule has 1 unspecified atom stereocenters. The SMILES string of the molecule is CNC(C)c1ccc(OC)c(COc2ccccc2C)c1. The molecular formula is C18H23NO2. The third-order valence-corrected chi connectivity index (χ3v) is 3.71. The Morgan fingerprint density at radius 2 is 1.86 bits per heavy atom. The normalized spacial score (nSPS) is 12.0. The molecule has 2 aromatic carbocycles. The first kappa shape index (κ1) is 15.4. The van der Waals surface area contributed by atoms with E-state index in [9.17, 15) is 0 Å². The molecule has 0 aliphatic carbocycles. The third-order valence-electron chi connectivity index (χ3n) is 3.71. The van der Waals surface area contributed by atoms with E-state index in [-0.39, 0.29) is 0 Å². The molecule has 0 aliphatic rings. The first-order valence-corrected chi connectivity index (χ1v) is 7.18. The number of hydrogen-bond donors (Lipinski definition) is 1. The van der Waals surface area contributed by atoms with E-state index >= 15 is 0 Å². The molecule has 0 aromatic heterocycles. The average Bonchev–Trinajstić information content (AvgIpc) is 2.53. The Bertz CT molecular complexity index is 596. The van der Waals surface area contributed by atoms with Crippen LogP contribution in [0.25, 0.3) is 0 Å². The Labute approximate surface area is 126 Å². The van der Waals surface area contributed by atoms with Crippen molar-refractivity contribution in [3.05, 3.63) is 59.2 Å². The fraction of sp³-hybridized carbons (Fsp3) is 0.333. The van der Waals surface area contributed by atoms with Gasteiger partial charge in [0.05, 0.1) is 7.11 Å². The van der Waals surface area contributed by atoms with Crippen LogP contribution in [0.3, 0.4) is 0 Å². The van der Waals surface area contributed by atoms with Crippen LogP contribution in [0.15, 0.2) is 42.5 Å². The molecule has 3 heteroatoms. The highest BCUT2D eigenvalue weighted by molar-refractivity contribution is 5.39. The second-order valence-electron chi connectivity index (χ2n) is 5.14. The van der Waals surface area contributed by atoms with Gasteiger partial charge in [-0.15, -0.1) is 0 Å². The maximum absolute atomic E-state index is 5.93. The first-order valence-electron chi connectivity index (χ1n) is 7.18. The van der Waals surface area contributed by atoms with Crippen molar-refractivity contribution in [1.82, 2.24) is 5.32 Å². The fourth-order valence-electron chi connectivity index (χ4n) is 2.22. The van der Waals surface area contributed by atoms with E-state index in [1.54, 1.807) is 7.11 Å². The molecule has 0 amide bonds. The highest BCUT2D eigenvalue weighted by Crippen LogP contribution is 2.25. The summed E-state index contributed by atoms with van der Waals surface area (Å²) in [5.41, 5.74) is 3.42. The van der Waals surface area contributed by atoms with E-state index in [0.29, 0.717) is 12.6 Å². The topological polar surface area (TPSA) is 30.5 Å². The molecule has 2 rings (SSSR count). The molecule has 0 radical (unpaired) electrons. The molecular weight excluding hydrogens is 262 g/mol. The molecule has 21 heavy (non-hydrogen) atoms. The van der Waals surface area contributed by atoms with Gasteiger partial charge in [0.2, 0.25) is 0 Å². The van der Waals surface area contributed by atoms with Gasteiger partial charge in [-0.25, -0.2) is 0 Å². The van der Waals surface area contributed by atoms with Gasteiger partial charge in [0.1, 0.15) is 18.1 Å². The van der Waals surface area contributed by atoms with Crippen molar-refractivity contribution in [3.8, 4) is 11.5 Å². The van der Waals surface area contributed by atoms with Crippen molar-refractivity contribution in [3.63, 3.8) is 0 Å². The lowest BCUT2D eigenvalue weighted by atomic mass is 10.0. The number of nitrogens with one attached hydrogen (secondary N) is 1. The molecule has 3 nitrogen and oxygen atoms in total. The van der Waals surface area contributed by atoms with E-state index in [1.165, 1.54) is 5.56 Å². The summed E-state index contributed by atoms with van der Waals surface area (Å²) in [5, 5.41) is 3.25. The molecule has 0 saturated carbocycles. The molecule has 2 aromatic rings. The van der Waals surface area contributed by atoms with E-state index in [0.717, 1.165) is 22.6 Å². The Morgan fingerprint density at radius 3 is 2.52 bits per heavy atom. The maximum atomic E-state index is 5.93. The Balaban J connectivity index is 2.19. The average molecular weight is 285 g/mol. The van der Waals surface area contributed by atoms with E-state index in [2.05, 4.69) is 24.4 Å². The molecule has 0 fully saturated rings.